The molecular formula is C18H12Cl2N2O3S. The van der Waals surface area contributed by atoms with Crippen LogP contribution in [0, 0.1) is 0 Å². The van der Waals surface area contributed by atoms with Gasteiger partial charge in [-0.25, -0.2) is 0 Å². The summed E-state index contributed by atoms with van der Waals surface area (Å²) < 4.78 is 5.70. The molecule has 0 bridgehead atoms. The number of nitrogens with zero attached hydrogens (tertiary/aromatic N) is 1. The Balaban J connectivity index is 1.93. The zero-order valence-electron chi connectivity index (χ0n) is 13.3. The van der Waals surface area contributed by atoms with E-state index in [0.717, 1.165) is 0 Å². The van der Waals surface area contributed by atoms with Crippen LogP contribution in [0.25, 0.3) is 17.4 Å². The molecule has 1 aromatic carbocycles. The van der Waals surface area contributed by atoms with E-state index in [9.17, 15) is 9.59 Å². The average molecular weight is 407 g/mol. The Morgan fingerprint density at radius 2 is 2.00 bits per heavy atom. The fourth-order valence-corrected chi connectivity index (χ4v) is 3.15. The van der Waals surface area contributed by atoms with Crippen LogP contribution in [0.5, 0.6) is 0 Å². The van der Waals surface area contributed by atoms with Crippen molar-refractivity contribution in [3.8, 4) is 11.3 Å². The number of carbonyl (C=O) groups is 2. The van der Waals surface area contributed by atoms with Gasteiger partial charge in [0.05, 0.1) is 5.02 Å². The number of carbonyl (C=O) groups excluding carboxylic acids is 2. The van der Waals surface area contributed by atoms with Crippen LogP contribution in [0.4, 0.5) is 0 Å². The molecule has 1 aromatic heterocycles. The summed E-state index contributed by atoms with van der Waals surface area (Å²) in [7, 11) is 0. The third-order valence-electron chi connectivity index (χ3n) is 3.61. The van der Waals surface area contributed by atoms with Crippen LogP contribution in [0.2, 0.25) is 10.0 Å². The Bertz CT molecular complexity index is 965. The molecule has 0 saturated carbocycles. The van der Waals surface area contributed by atoms with Gasteiger partial charge in [0.25, 0.3) is 11.8 Å². The van der Waals surface area contributed by atoms with E-state index in [1.54, 1.807) is 30.3 Å². The van der Waals surface area contributed by atoms with Gasteiger partial charge in [-0.05, 0) is 48.6 Å². The van der Waals surface area contributed by atoms with Gasteiger partial charge >= 0.3 is 0 Å². The molecule has 2 heterocycles. The lowest BCUT2D eigenvalue weighted by atomic mass is 10.1. The first kappa shape index (κ1) is 18.4. The maximum atomic E-state index is 12.5. The van der Waals surface area contributed by atoms with Gasteiger partial charge in [0.1, 0.15) is 17.1 Å². The minimum absolute atomic E-state index is 0.0464. The highest BCUT2D eigenvalue weighted by atomic mass is 35.5. The summed E-state index contributed by atoms with van der Waals surface area (Å²) in [5, 5.41) is 3.46. The first-order valence-corrected chi connectivity index (χ1v) is 8.62. The molecule has 2 aromatic rings. The lowest BCUT2D eigenvalue weighted by Gasteiger charge is -2.27. The van der Waals surface area contributed by atoms with Gasteiger partial charge in [-0.2, -0.15) is 0 Å². The largest absolute Gasteiger partial charge is 0.457 e. The van der Waals surface area contributed by atoms with Gasteiger partial charge in [0, 0.05) is 17.1 Å². The SMILES string of the molecule is C=CCN1C(=O)/C(=C\c2ccc(-c3ccc(Cl)cc3Cl)o2)C(=O)NC1=S. The molecule has 5 nitrogen and oxygen atoms in total. The molecule has 26 heavy (non-hydrogen) atoms. The van der Waals surface area contributed by atoms with E-state index in [0.29, 0.717) is 27.1 Å². The molecule has 0 aliphatic carbocycles. The highest BCUT2D eigenvalue weighted by molar-refractivity contribution is 7.80. The van der Waals surface area contributed by atoms with Crippen molar-refractivity contribution >= 4 is 58.4 Å². The van der Waals surface area contributed by atoms with Crippen LogP contribution in [0.1, 0.15) is 5.76 Å². The van der Waals surface area contributed by atoms with Crippen molar-refractivity contribution in [3.63, 3.8) is 0 Å². The Kier molecular flexibility index (Phi) is 5.27. The quantitative estimate of drug-likeness (QED) is 0.359. The maximum Gasteiger partial charge on any atom is 0.266 e. The number of rotatable bonds is 4. The van der Waals surface area contributed by atoms with Crippen molar-refractivity contribution in [2.24, 2.45) is 0 Å². The van der Waals surface area contributed by atoms with Crippen LogP contribution >= 0.6 is 35.4 Å². The molecule has 3 rings (SSSR count). The van der Waals surface area contributed by atoms with E-state index < -0.39 is 11.8 Å². The summed E-state index contributed by atoms with van der Waals surface area (Å²) in [5.74, 6) is -0.277. The van der Waals surface area contributed by atoms with Gasteiger partial charge in [-0.15, -0.1) is 6.58 Å². The topological polar surface area (TPSA) is 62.6 Å². The van der Waals surface area contributed by atoms with E-state index in [1.165, 1.54) is 17.1 Å². The third-order valence-corrected chi connectivity index (χ3v) is 4.48. The van der Waals surface area contributed by atoms with Crippen molar-refractivity contribution in [1.82, 2.24) is 10.2 Å². The van der Waals surface area contributed by atoms with Crippen molar-refractivity contribution in [3.05, 3.63) is 64.4 Å². The van der Waals surface area contributed by atoms with Gasteiger partial charge in [0.2, 0.25) is 0 Å². The molecule has 8 heteroatoms. The molecule has 1 fully saturated rings. The Labute approximate surface area is 164 Å². The van der Waals surface area contributed by atoms with E-state index in [-0.39, 0.29) is 17.2 Å². The molecule has 0 radical (unpaired) electrons. The Hall–Kier alpha value is -2.41. The summed E-state index contributed by atoms with van der Waals surface area (Å²) in [5.41, 5.74) is 0.568. The summed E-state index contributed by atoms with van der Waals surface area (Å²) in [4.78, 5) is 25.9. The van der Waals surface area contributed by atoms with Crippen LogP contribution in [-0.2, 0) is 9.59 Å². The highest BCUT2D eigenvalue weighted by Gasteiger charge is 2.32. The number of hydrogen-bond acceptors (Lipinski definition) is 4. The number of hydrogen-bond donors (Lipinski definition) is 1. The molecule has 1 N–H and O–H groups in total. The Morgan fingerprint density at radius 3 is 2.69 bits per heavy atom. The van der Waals surface area contributed by atoms with Crippen LogP contribution in [0.15, 0.2) is 53.0 Å². The van der Waals surface area contributed by atoms with E-state index >= 15 is 0 Å². The summed E-state index contributed by atoms with van der Waals surface area (Å²) in [6.07, 6.45) is 2.88. The zero-order valence-corrected chi connectivity index (χ0v) is 15.6. The van der Waals surface area contributed by atoms with Gasteiger partial charge in [0.15, 0.2) is 5.11 Å². The third kappa shape index (κ3) is 3.58. The molecule has 1 aliphatic heterocycles. The molecule has 0 unspecified atom stereocenters. The second-order valence-electron chi connectivity index (χ2n) is 5.35. The van der Waals surface area contributed by atoms with Crippen molar-refractivity contribution in [2.45, 2.75) is 0 Å². The number of amides is 2. The van der Waals surface area contributed by atoms with Crippen LogP contribution in [-0.4, -0.2) is 28.4 Å². The molecular weight excluding hydrogens is 395 g/mol. The van der Waals surface area contributed by atoms with Crippen molar-refractivity contribution in [2.75, 3.05) is 6.54 Å². The number of nitrogens with one attached hydrogen (secondary N) is 1. The summed E-state index contributed by atoms with van der Waals surface area (Å²) in [6, 6.07) is 8.35. The maximum absolute atomic E-state index is 12.5. The number of benzene rings is 1. The summed E-state index contributed by atoms with van der Waals surface area (Å²) in [6.45, 7) is 3.77. The molecule has 0 spiro atoms. The first-order chi connectivity index (χ1) is 12.4. The van der Waals surface area contributed by atoms with Gasteiger partial charge < -0.3 is 4.42 Å². The van der Waals surface area contributed by atoms with E-state index in [4.69, 9.17) is 39.8 Å². The first-order valence-electron chi connectivity index (χ1n) is 7.45. The number of halogens is 2. The molecule has 1 aliphatic rings. The van der Waals surface area contributed by atoms with Crippen molar-refractivity contribution < 1.29 is 14.0 Å². The fraction of sp³-hybridized carbons (Fsp3) is 0.0556. The molecule has 0 atom stereocenters. The minimum Gasteiger partial charge on any atom is -0.457 e. The molecule has 1 saturated heterocycles. The molecule has 132 valence electrons. The predicted octanol–water partition coefficient (Wildman–Crippen LogP) is 4.07. The van der Waals surface area contributed by atoms with E-state index in [1.807, 2.05) is 0 Å². The van der Waals surface area contributed by atoms with E-state index in [2.05, 4.69) is 11.9 Å². The number of thiocarbonyl (C=S) groups is 1. The average Bonchev–Trinajstić information content (AvgIpc) is 3.04. The lowest BCUT2D eigenvalue weighted by Crippen LogP contribution is -2.53. The standard InChI is InChI=1S/C18H12Cl2N2O3S/c1-2-7-22-17(24)13(16(23)21-18(22)26)9-11-4-6-15(25-11)12-5-3-10(19)8-14(12)20/h2-6,8-9H,1,7H2,(H,21,23,26)/b13-9-. The second kappa shape index (κ2) is 7.45. The van der Waals surface area contributed by atoms with Crippen molar-refractivity contribution in [1.29, 1.82) is 0 Å². The van der Waals surface area contributed by atoms with Gasteiger partial charge in [-0.1, -0.05) is 29.3 Å². The summed E-state index contributed by atoms with van der Waals surface area (Å²) >= 11 is 17.1. The highest BCUT2D eigenvalue weighted by Crippen LogP contribution is 2.32. The second-order valence-corrected chi connectivity index (χ2v) is 6.58. The normalized spacial score (nSPS) is 16.2. The predicted molar refractivity (Wildman–Crippen MR) is 105 cm³/mol. The van der Waals surface area contributed by atoms with Gasteiger partial charge in [-0.3, -0.25) is 19.8 Å². The van der Waals surface area contributed by atoms with Crippen LogP contribution < -0.4 is 5.32 Å². The fourth-order valence-electron chi connectivity index (χ4n) is 2.40. The minimum atomic E-state index is -0.581. The smallest absolute Gasteiger partial charge is 0.266 e. The lowest BCUT2D eigenvalue weighted by molar-refractivity contribution is -0.128. The molecule has 2 amide bonds. The van der Waals surface area contributed by atoms with Crippen LogP contribution in [0.3, 0.4) is 0 Å². The monoisotopic (exact) mass is 406 g/mol. The zero-order chi connectivity index (χ0) is 18.8. The Morgan fingerprint density at radius 1 is 1.23 bits per heavy atom. The number of furan rings is 1.